The molecule has 0 aliphatic carbocycles. The van der Waals surface area contributed by atoms with Gasteiger partial charge in [-0.2, -0.15) is 13.2 Å². The first-order chi connectivity index (χ1) is 16.2. The molecule has 1 aromatic carbocycles. The summed E-state index contributed by atoms with van der Waals surface area (Å²) in [6.07, 6.45) is -2.88. The van der Waals surface area contributed by atoms with Crippen LogP contribution in [0, 0.1) is 18.6 Å². The summed E-state index contributed by atoms with van der Waals surface area (Å²) in [5.41, 5.74) is 1.35. The summed E-state index contributed by atoms with van der Waals surface area (Å²) in [4.78, 5) is 16.5. The van der Waals surface area contributed by atoms with Gasteiger partial charge in [-0.3, -0.25) is 0 Å². The molecule has 5 rings (SSSR count). The number of pyridine rings is 1. The zero-order valence-electron chi connectivity index (χ0n) is 17.8. The number of alkyl halides is 3. The number of benzene rings is 1. The summed E-state index contributed by atoms with van der Waals surface area (Å²) in [5.74, 6) is -1.28. The standard InChI is InChI=1S/C22H18F5N7/c1-11-30-20-14(23)6-13(7-17(20)34(11)10-22(25,26)27)19-15(24)9-29-21(33-19)32-18-3-2-12-8-28-5-4-16(12)31-18/h2-3,6-7,9,28H,4-5,8,10H2,1H3,(H,29,31,32,33). The minimum absolute atomic E-state index is 0.0115. The topological polar surface area (TPSA) is 80.6 Å². The number of nitrogens with zero attached hydrogens (tertiary/aromatic N) is 5. The first-order valence-corrected chi connectivity index (χ1v) is 10.4. The average Bonchev–Trinajstić information content (AvgIpc) is 3.09. The van der Waals surface area contributed by atoms with Gasteiger partial charge in [-0.05, 0) is 30.7 Å². The summed E-state index contributed by atoms with van der Waals surface area (Å²) >= 11 is 0. The number of aryl methyl sites for hydroxylation is 1. The van der Waals surface area contributed by atoms with Crippen molar-refractivity contribution >= 4 is 22.8 Å². The van der Waals surface area contributed by atoms with Gasteiger partial charge in [0, 0.05) is 30.8 Å². The van der Waals surface area contributed by atoms with Gasteiger partial charge < -0.3 is 15.2 Å². The van der Waals surface area contributed by atoms with Crippen LogP contribution in [0.25, 0.3) is 22.3 Å². The fourth-order valence-corrected chi connectivity index (χ4v) is 3.96. The van der Waals surface area contributed by atoms with E-state index in [1.165, 1.54) is 13.0 Å². The number of rotatable bonds is 4. The maximum absolute atomic E-state index is 14.7. The number of imidazole rings is 1. The highest BCUT2D eigenvalue weighted by atomic mass is 19.4. The van der Waals surface area contributed by atoms with E-state index in [2.05, 4.69) is 30.6 Å². The molecule has 34 heavy (non-hydrogen) atoms. The van der Waals surface area contributed by atoms with Crippen LogP contribution in [0.3, 0.4) is 0 Å². The van der Waals surface area contributed by atoms with Crippen LogP contribution in [-0.4, -0.2) is 37.2 Å². The third kappa shape index (κ3) is 4.28. The molecule has 0 saturated carbocycles. The van der Waals surface area contributed by atoms with E-state index in [1.54, 1.807) is 6.07 Å². The van der Waals surface area contributed by atoms with Crippen molar-refractivity contribution < 1.29 is 22.0 Å². The van der Waals surface area contributed by atoms with E-state index in [0.717, 1.165) is 47.6 Å². The summed E-state index contributed by atoms with van der Waals surface area (Å²) in [5, 5.41) is 6.16. The van der Waals surface area contributed by atoms with Crippen molar-refractivity contribution in [2.24, 2.45) is 0 Å². The molecule has 0 fully saturated rings. The second-order valence-electron chi connectivity index (χ2n) is 7.93. The lowest BCUT2D eigenvalue weighted by Crippen LogP contribution is -2.24. The Morgan fingerprint density at radius 2 is 1.91 bits per heavy atom. The molecule has 176 valence electrons. The summed E-state index contributed by atoms with van der Waals surface area (Å²) < 4.78 is 69.3. The second kappa shape index (κ2) is 8.28. The number of anilines is 2. The molecule has 0 saturated heterocycles. The Morgan fingerprint density at radius 3 is 2.71 bits per heavy atom. The van der Waals surface area contributed by atoms with Crippen LogP contribution in [0.4, 0.5) is 33.7 Å². The van der Waals surface area contributed by atoms with Crippen molar-refractivity contribution in [2.75, 3.05) is 11.9 Å². The molecule has 1 aliphatic heterocycles. The van der Waals surface area contributed by atoms with Crippen molar-refractivity contribution in [3.05, 3.63) is 59.2 Å². The van der Waals surface area contributed by atoms with Gasteiger partial charge in [0.05, 0.1) is 11.7 Å². The third-order valence-electron chi connectivity index (χ3n) is 5.52. The van der Waals surface area contributed by atoms with E-state index >= 15 is 0 Å². The summed E-state index contributed by atoms with van der Waals surface area (Å²) in [6, 6.07) is 5.88. The highest BCUT2D eigenvalue weighted by Crippen LogP contribution is 2.30. The lowest BCUT2D eigenvalue weighted by molar-refractivity contribution is -0.140. The minimum Gasteiger partial charge on any atom is -0.319 e. The van der Waals surface area contributed by atoms with Crippen LogP contribution >= 0.6 is 0 Å². The van der Waals surface area contributed by atoms with E-state index in [9.17, 15) is 22.0 Å². The van der Waals surface area contributed by atoms with Gasteiger partial charge >= 0.3 is 6.18 Å². The van der Waals surface area contributed by atoms with E-state index in [4.69, 9.17) is 0 Å². The Bertz CT molecular complexity index is 1400. The van der Waals surface area contributed by atoms with Crippen LogP contribution in [0.5, 0.6) is 0 Å². The smallest absolute Gasteiger partial charge is 0.319 e. The molecule has 2 N–H and O–H groups in total. The van der Waals surface area contributed by atoms with Crippen molar-refractivity contribution in [3.8, 4) is 11.3 Å². The molecule has 12 heteroatoms. The Balaban J connectivity index is 1.53. The van der Waals surface area contributed by atoms with Gasteiger partial charge in [0.2, 0.25) is 5.95 Å². The zero-order chi connectivity index (χ0) is 24.0. The molecule has 1 aliphatic rings. The van der Waals surface area contributed by atoms with Crippen molar-refractivity contribution in [1.82, 2.24) is 29.8 Å². The molecule has 7 nitrogen and oxygen atoms in total. The van der Waals surface area contributed by atoms with Gasteiger partial charge in [0.1, 0.15) is 29.4 Å². The van der Waals surface area contributed by atoms with Gasteiger partial charge in [-0.1, -0.05) is 6.07 Å². The van der Waals surface area contributed by atoms with E-state index in [1.807, 2.05) is 6.07 Å². The molecule has 3 aromatic heterocycles. The normalized spacial score (nSPS) is 13.8. The average molecular weight is 475 g/mol. The van der Waals surface area contributed by atoms with Crippen LogP contribution < -0.4 is 10.6 Å². The van der Waals surface area contributed by atoms with Gasteiger partial charge in [-0.15, -0.1) is 0 Å². The lowest BCUT2D eigenvalue weighted by Gasteiger charge is -2.17. The van der Waals surface area contributed by atoms with Crippen molar-refractivity contribution in [3.63, 3.8) is 0 Å². The van der Waals surface area contributed by atoms with E-state index in [-0.39, 0.29) is 34.1 Å². The molecule has 4 aromatic rings. The quantitative estimate of drug-likeness (QED) is 0.425. The van der Waals surface area contributed by atoms with Crippen molar-refractivity contribution in [2.45, 2.75) is 32.6 Å². The molecule has 4 heterocycles. The molecule has 0 atom stereocenters. The van der Waals surface area contributed by atoms with Crippen molar-refractivity contribution in [1.29, 1.82) is 0 Å². The summed E-state index contributed by atoms with van der Waals surface area (Å²) in [7, 11) is 0. The van der Waals surface area contributed by atoms with Gasteiger partial charge in [0.25, 0.3) is 0 Å². The monoisotopic (exact) mass is 475 g/mol. The SMILES string of the molecule is Cc1nc2c(F)cc(-c3nc(Nc4ccc5c(n4)CCNC5)ncc3F)cc2n1CC(F)(F)F. The largest absolute Gasteiger partial charge is 0.406 e. The Labute approximate surface area is 190 Å². The first-order valence-electron chi connectivity index (χ1n) is 10.4. The second-order valence-corrected chi connectivity index (χ2v) is 7.93. The third-order valence-corrected chi connectivity index (χ3v) is 5.52. The number of hydrogen-bond donors (Lipinski definition) is 2. The number of hydrogen-bond acceptors (Lipinski definition) is 6. The van der Waals surface area contributed by atoms with E-state index in [0.29, 0.717) is 5.82 Å². The molecule has 0 unspecified atom stereocenters. The Kier molecular flexibility index (Phi) is 5.39. The fourth-order valence-electron chi connectivity index (χ4n) is 3.96. The molecular weight excluding hydrogens is 457 g/mol. The predicted molar refractivity (Wildman–Crippen MR) is 114 cm³/mol. The molecular formula is C22H18F5N7. The Morgan fingerprint density at radius 1 is 1.09 bits per heavy atom. The van der Waals surface area contributed by atoms with Gasteiger partial charge in [0.15, 0.2) is 11.6 Å². The zero-order valence-corrected chi connectivity index (χ0v) is 17.8. The summed E-state index contributed by atoms with van der Waals surface area (Å²) in [6.45, 7) is 1.52. The lowest BCUT2D eigenvalue weighted by atomic mass is 10.1. The van der Waals surface area contributed by atoms with Crippen LogP contribution in [0.1, 0.15) is 17.1 Å². The predicted octanol–water partition coefficient (Wildman–Crippen LogP) is 4.43. The molecule has 0 amide bonds. The van der Waals surface area contributed by atoms with Crippen LogP contribution in [-0.2, 0) is 19.5 Å². The number of nitrogens with one attached hydrogen (secondary N) is 2. The molecule has 0 spiro atoms. The fraction of sp³-hybridized carbons (Fsp3) is 0.273. The highest BCUT2D eigenvalue weighted by Gasteiger charge is 2.30. The maximum atomic E-state index is 14.7. The highest BCUT2D eigenvalue weighted by molar-refractivity contribution is 5.83. The number of halogens is 5. The number of aromatic nitrogens is 5. The Hall–Kier alpha value is -3.67. The maximum Gasteiger partial charge on any atom is 0.406 e. The molecule has 0 bridgehead atoms. The van der Waals surface area contributed by atoms with Gasteiger partial charge in [-0.25, -0.2) is 28.7 Å². The molecule has 0 radical (unpaired) electrons. The number of fused-ring (bicyclic) bond motifs is 2. The minimum atomic E-state index is -4.54. The first kappa shape index (κ1) is 22.1. The van der Waals surface area contributed by atoms with E-state index < -0.39 is 24.4 Å². The van der Waals surface area contributed by atoms with Crippen LogP contribution in [0.2, 0.25) is 0 Å². The van der Waals surface area contributed by atoms with Crippen LogP contribution in [0.15, 0.2) is 30.5 Å².